The van der Waals surface area contributed by atoms with E-state index in [1.54, 1.807) is 23.3 Å². The molecule has 2 nitrogen and oxygen atoms in total. The van der Waals surface area contributed by atoms with E-state index in [4.69, 9.17) is 8.83 Å². The van der Waals surface area contributed by atoms with Crippen molar-refractivity contribution in [3.8, 4) is 44.9 Å². The fourth-order valence-electron chi connectivity index (χ4n) is 6.53. The van der Waals surface area contributed by atoms with Crippen LogP contribution in [0.2, 0.25) is 13.1 Å². The van der Waals surface area contributed by atoms with Gasteiger partial charge in [0, 0.05) is 0 Å². The summed E-state index contributed by atoms with van der Waals surface area (Å²) in [4.78, 5) is 0. The molecule has 0 aliphatic carbocycles. The molecule has 0 aliphatic rings. The van der Waals surface area contributed by atoms with Crippen LogP contribution in [-0.2, 0) is 23.3 Å². The summed E-state index contributed by atoms with van der Waals surface area (Å²) in [6.07, 6.45) is 0. The molecule has 276 valence electrons. The van der Waals surface area contributed by atoms with Gasteiger partial charge < -0.3 is 33.6 Å². The van der Waals surface area contributed by atoms with Crippen molar-refractivity contribution < 1.29 is 57.0 Å². The van der Waals surface area contributed by atoms with Crippen LogP contribution in [0.1, 0.15) is 62.2 Å². The number of aryl methyl sites for hydroxylation is 2. The molecular weight excluding hydrogens is 799 g/mol. The quantitative estimate of drug-likeness (QED) is 0.124. The number of furan rings is 2. The molecule has 0 N–H and O–H groups in total. The van der Waals surface area contributed by atoms with Gasteiger partial charge in [0.05, 0.1) is 23.0 Å². The fraction of sp³-hybridized carbons (Fsp3) is 0.208. The number of benzene rings is 4. The van der Waals surface area contributed by atoms with Crippen molar-refractivity contribution in [2.75, 3.05) is 0 Å². The van der Waals surface area contributed by atoms with E-state index in [-0.39, 0.29) is 30.2 Å². The van der Waals surface area contributed by atoms with Crippen LogP contribution in [0.3, 0.4) is 0 Å². The average molecular weight is 847 g/mol. The summed E-state index contributed by atoms with van der Waals surface area (Å²) in [5.74, 6) is 4.87. The third-order valence-electron chi connectivity index (χ3n) is 9.33. The van der Waals surface area contributed by atoms with Crippen molar-refractivity contribution in [3.05, 3.63) is 156 Å². The summed E-state index contributed by atoms with van der Waals surface area (Å²) < 4.78 is 11.6. The van der Waals surface area contributed by atoms with Crippen molar-refractivity contribution in [1.82, 2.24) is 0 Å². The molecule has 8 aromatic rings. The Labute approximate surface area is 348 Å². The number of fused-ring (bicyclic) bond motifs is 2. The Hall–Kier alpha value is -3.66. The van der Waals surface area contributed by atoms with E-state index in [1.807, 2.05) is 38.1 Å². The smallest absolute Gasteiger partial charge is 0.0896 e. The van der Waals surface area contributed by atoms with Gasteiger partial charge in [-0.2, -0.15) is 0 Å². The monoisotopic (exact) mass is 844 g/mol. The van der Waals surface area contributed by atoms with Crippen molar-refractivity contribution in [2.45, 2.75) is 66.5 Å². The Bertz CT molecular complexity index is 2250. The summed E-state index contributed by atoms with van der Waals surface area (Å²) in [6, 6.07) is 47.8. The van der Waals surface area contributed by atoms with E-state index in [0.29, 0.717) is 11.8 Å². The number of hydrogen-bond acceptors (Lipinski definition) is 2. The van der Waals surface area contributed by atoms with Gasteiger partial charge in [-0.25, -0.2) is 0 Å². The summed E-state index contributed by atoms with van der Waals surface area (Å²) in [7, 11) is 0. The molecule has 8 rings (SSSR count). The Balaban J connectivity index is 0.000000212. The zero-order valence-electron chi connectivity index (χ0n) is 32.4. The maximum absolute atomic E-state index is 5.79. The van der Waals surface area contributed by atoms with Crippen LogP contribution in [0.5, 0.6) is 0 Å². The number of rotatable bonds is 6. The number of hydrogen-bond donors (Lipinski definition) is 0. The third kappa shape index (κ3) is 10.3. The van der Waals surface area contributed by atoms with Gasteiger partial charge in [0.25, 0.3) is 0 Å². The summed E-state index contributed by atoms with van der Waals surface area (Å²) in [5.41, 5.74) is 10.3. The zero-order chi connectivity index (χ0) is 36.9. The molecule has 0 fully saturated rings. The van der Waals surface area contributed by atoms with Gasteiger partial charge in [-0.15, -0.1) is 57.9 Å². The summed E-state index contributed by atoms with van der Waals surface area (Å²) in [6.45, 7) is 17.5. The predicted molar refractivity (Wildman–Crippen MR) is 220 cm³/mol. The molecule has 0 atom stereocenters. The van der Waals surface area contributed by atoms with E-state index in [1.165, 1.54) is 54.9 Å². The predicted octanol–water partition coefficient (Wildman–Crippen LogP) is 8.63. The third-order valence-corrected chi connectivity index (χ3v) is 9.33. The first-order chi connectivity index (χ1) is 25.0. The van der Waals surface area contributed by atoms with Gasteiger partial charge in [0.2, 0.25) is 0 Å². The Morgan fingerprint density at radius 2 is 0.870 bits per heavy atom. The van der Waals surface area contributed by atoms with Crippen LogP contribution in [0.25, 0.3) is 66.4 Å². The second kappa shape index (κ2) is 19.3. The molecule has 0 amide bonds. The second-order valence-electron chi connectivity index (χ2n) is 14.5. The molecule has 0 saturated carbocycles. The molecule has 54 heavy (non-hydrogen) atoms. The molecular formula is C48H48Cl2O2SiZr-2. The first kappa shape index (κ1) is 43.1. The van der Waals surface area contributed by atoms with Gasteiger partial charge in [0.1, 0.15) is 0 Å². The van der Waals surface area contributed by atoms with Crippen LogP contribution in [-0.4, -0.2) is 5.43 Å². The fourth-order valence-corrected chi connectivity index (χ4v) is 6.53. The van der Waals surface area contributed by atoms with E-state index in [2.05, 4.69) is 150 Å². The van der Waals surface area contributed by atoms with E-state index in [0.717, 1.165) is 34.2 Å². The molecule has 0 unspecified atom stereocenters. The first-order valence-corrected chi connectivity index (χ1v) is 24.4. The molecule has 0 bridgehead atoms. The van der Waals surface area contributed by atoms with Gasteiger partial charge in [-0.05, 0) is 72.2 Å². The van der Waals surface area contributed by atoms with E-state index >= 15 is 0 Å². The summed E-state index contributed by atoms with van der Waals surface area (Å²) in [5, 5.41) is 5.06. The zero-order valence-corrected chi connectivity index (χ0v) is 37.4. The van der Waals surface area contributed by atoms with Crippen molar-refractivity contribution in [2.24, 2.45) is 0 Å². The molecule has 2 aromatic heterocycles. The normalized spacial score (nSPS) is 10.7. The first-order valence-electron chi connectivity index (χ1n) is 18.2. The Morgan fingerprint density at radius 3 is 1.17 bits per heavy atom. The average Bonchev–Trinajstić information content (AvgIpc) is 3.94. The molecule has 0 saturated heterocycles. The van der Waals surface area contributed by atoms with Gasteiger partial charge in [0.15, 0.2) is 0 Å². The molecule has 6 heteroatoms. The minimum Gasteiger partial charge on any atom is -1.00 e. The van der Waals surface area contributed by atoms with Crippen LogP contribution in [0.15, 0.2) is 142 Å². The van der Waals surface area contributed by atoms with Gasteiger partial charge in [-0.1, -0.05) is 123 Å². The molecule has 0 aliphatic heterocycles. The van der Waals surface area contributed by atoms with Crippen LogP contribution in [0.4, 0.5) is 0 Å². The maximum Gasteiger partial charge on any atom is 0.0896 e. The van der Waals surface area contributed by atoms with Crippen molar-refractivity contribution >= 4 is 27.0 Å². The number of halogens is 2. The van der Waals surface area contributed by atoms with Crippen molar-refractivity contribution in [3.63, 3.8) is 0 Å². The topological polar surface area (TPSA) is 26.3 Å². The summed E-state index contributed by atoms with van der Waals surface area (Å²) >= 11 is 1.74. The van der Waals surface area contributed by atoms with Crippen LogP contribution >= 0.6 is 0 Å². The molecule has 6 aromatic carbocycles. The Morgan fingerprint density at radius 1 is 0.519 bits per heavy atom. The molecule has 0 radical (unpaired) electrons. The minimum atomic E-state index is 0. The van der Waals surface area contributed by atoms with E-state index < -0.39 is 0 Å². The van der Waals surface area contributed by atoms with Gasteiger partial charge in [-0.3, -0.25) is 0 Å². The maximum atomic E-state index is 5.79. The van der Waals surface area contributed by atoms with Crippen LogP contribution < -0.4 is 24.8 Å². The van der Waals surface area contributed by atoms with E-state index in [9.17, 15) is 0 Å². The second-order valence-corrected chi connectivity index (χ2v) is 23.9. The molecule has 0 spiro atoms. The minimum absolute atomic E-state index is 0. The Kier molecular flexibility index (Phi) is 15.4. The van der Waals surface area contributed by atoms with Crippen LogP contribution in [0, 0.1) is 13.8 Å². The standard InChI is InChI=1S/2C23H21O.C2H6Si.2ClH.Zr/c2*1-15(2)17-8-10-18(11-9-17)21-6-4-5-19-13-20(14-22(19)21)23-12-7-16(3)24-23;1-3-2;;;/h2*4-15H,1-3H3;1-2H3;2*1H;/q2*-1;;;;+2/p-2. The largest absolute Gasteiger partial charge is 1.00 e. The van der Waals surface area contributed by atoms with Crippen molar-refractivity contribution in [1.29, 1.82) is 0 Å². The SMILES string of the molecule is C[Si](C)=[Zr+2].Cc1ccc(-c2cc3c(-c4ccc(C(C)C)cc4)cccc3[cH-]2)o1.Cc1ccc(-c2cc3c(-c4ccc(C(C)C)cc4)cccc3[cH-]2)o1.[Cl-].[Cl-]. The van der Waals surface area contributed by atoms with Gasteiger partial charge >= 0.3 is 41.9 Å². The molecule has 2 heterocycles.